The smallest absolute Gasteiger partial charge is 0.238 e. The molecule has 2 aromatic carbocycles. The van der Waals surface area contributed by atoms with E-state index in [1.807, 2.05) is 25.1 Å². The van der Waals surface area contributed by atoms with E-state index in [-0.39, 0.29) is 11.7 Å². The van der Waals surface area contributed by atoms with E-state index in [9.17, 15) is 9.18 Å². The van der Waals surface area contributed by atoms with Crippen LogP contribution in [0.3, 0.4) is 0 Å². The third-order valence-electron chi connectivity index (χ3n) is 4.39. The number of benzene rings is 2. The van der Waals surface area contributed by atoms with E-state index in [2.05, 4.69) is 31.0 Å². The Balaban J connectivity index is 1.49. The van der Waals surface area contributed by atoms with Crippen LogP contribution in [0, 0.1) is 12.7 Å². The Labute approximate surface area is 155 Å². The maximum absolute atomic E-state index is 13.0. The van der Waals surface area contributed by atoms with E-state index in [1.54, 1.807) is 12.1 Å². The zero-order valence-corrected chi connectivity index (χ0v) is 15.7. The van der Waals surface area contributed by atoms with Crippen LogP contribution in [-0.2, 0) is 4.79 Å². The average molecular weight is 406 g/mol. The summed E-state index contributed by atoms with van der Waals surface area (Å²) in [5.41, 5.74) is 2.96. The second-order valence-corrected chi connectivity index (χ2v) is 7.11. The van der Waals surface area contributed by atoms with Crippen LogP contribution in [0.5, 0.6) is 0 Å². The van der Waals surface area contributed by atoms with E-state index in [0.717, 1.165) is 47.6 Å². The molecule has 0 aliphatic carbocycles. The van der Waals surface area contributed by atoms with Gasteiger partial charge in [0.25, 0.3) is 0 Å². The molecule has 1 aliphatic rings. The van der Waals surface area contributed by atoms with Gasteiger partial charge >= 0.3 is 0 Å². The summed E-state index contributed by atoms with van der Waals surface area (Å²) in [5.74, 6) is -0.229. The van der Waals surface area contributed by atoms with Gasteiger partial charge in [0.05, 0.1) is 6.54 Å². The lowest BCUT2D eigenvalue weighted by Gasteiger charge is -2.35. The summed E-state index contributed by atoms with van der Waals surface area (Å²) in [5, 5.41) is 2.94. The first-order valence-corrected chi connectivity index (χ1v) is 9.09. The highest BCUT2D eigenvalue weighted by atomic mass is 79.9. The van der Waals surface area contributed by atoms with Crippen LogP contribution in [-0.4, -0.2) is 43.5 Å². The minimum absolute atomic E-state index is 0.00835. The van der Waals surface area contributed by atoms with Crippen LogP contribution in [0.2, 0.25) is 0 Å². The number of amides is 1. The monoisotopic (exact) mass is 405 g/mol. The lowest BCUT2D eigenvalue weighted by atomic mass is 10.2. The lowest BCUT2D eigenvalue weighted by Crippen LogP contribution is -2.48. The number of anilines is 2. The second kappa shape index (κ2) is 7.97. The largest absolute Gasteiger partial charge is 0.369 e. The van der Waals surface area contributed by atoms with E-state index in [4.69, 9.17) is 0 Å². The molecule has 0 aromatic heterocycles. The van der Waals surface area contributed by atoms with Crippen molar-refractivity contribution in [1.29, 1.82) is 0 Å². The summed E-state index contributed by atoms with van der Waals surface area (Å²) in [6, 6.07) is 12.4. The fourth-order valence-electron chi connectivity index (χ4n) is 2.89. The molecule has 0 saturated carbocycles. The van der Waals surface area contributed by atoms with Crippen molar-refractivity contribution in [2.45, 2.75) is 6.92 Å². The van der Waals surface area contributed by atoms with Gasteiger partial charge in [0.15, 0.2) is 0 Å². The number of halogens is 2. The molecule has 1 aliphatic heterocycles. The minimum atomic E-state index is -0.221. The van der Waals surface area contributed by atoms with Crippen molar-refractivity contribution in [3.8, 4) is 0 Å². The third-order valence-corrected chi connectivity index (χ3v) is 5.24. The first-order chi connectivity index (χ1) is 12.0. The number of aryl methyl sites for hydroxylation is 1. The van der Waals surface area contributed by atoms with Gasteiger partial charge in [0.1, 0.15) is 5.82 Å². The average Bonchev–Trinajstić information content (AvgIpc) is 2.60. The fraction of sp³-hybridized carbons (Fsp3) is 0.316. The van der Waals surface area contributed by atoms with Crippen molar-refractivity contribution < 1.29 is 9.18 Å². The third kappa shape index (κ3) is 4.80. The van der Waals surface area contributed by atoms with Gasteiger partial charge in [-0.3, -0.25) is 9.69 Å². The predicted molar refractivity (Wildman–Crippen MR) is 103 cm³/mol. The van der Waals surface area contributed by atoms with Crippen molar-refractivity contribution >= 4 is 33.2 Å². The number of nitrogens with zero attached hydrogens (tertiary/aromatic N) is 2. The zero-order chi connectivity index (χ0) is 17.8. The summed E-state index contributed by atoms with van der Waals surface area (Å²) in [4.78, 5) is 16.6. The molecule has 0 unspecified atom stereocenters. The van der Waals surface area contributed by atoms with E-state index in [1.165, 1.54) is 12.1 Å². The molecule has 1 saturated heterocycles. The summed E-state index contributed by atoms with van der Waals surface area (Å²) in [7, 11) is 0. The molecule has 1 amide bonds. The van der Waals surface area contributed by atoms with Crippen LogP contribution < -0.4 is 10.2 Å². The Morgan fingerprint density at radius 1 is 1.12 bits per heavy atom. The van der Waals surface area contributed by atoms with Gasteiger partial charge in [0, 0.05) is 42.0 Å². The van der Waals surface area contributed by atoms with Crippen molar-refractivity contribution in [2.75, 3.05) is 42.9 Å². The minimum Gasteiger partial charge on any atom is -0.369 e. The van der Waals surface area contributed by atoms with Crippen molar-refractivity contribution in [3.63, 3.8) is 0 Å². The van der Waals surface area contributed by atoms with Gasteiger partial charge in [-0.1, -0.05) is 22.0 Å². The second-order valence-electron chi connectivity index (χ2n) is 6.25. The van der Waals surface area contributed by atoms with Gasteiger partial charge in [0.2, 0.25) is 5.91 Å². The van der Waals surface area contributed by atoms with Crippen LogP contribution in [0.25, 0.3) is 0 Å². The lowest BCUT2D eigenvalue weighted by molar-refractivity contribution is -0.117. The summed E-state index contributed by atoms with van der Waals surface area (Å²) in [6.07, 6.45) is 0. The molecule has 1 N–H and O–H groups in total. The highest BCUT2D eigenvalue weighted by Gasteiger charge is 2.19. The van der Waals surface area contributed by atoms with Crippen LogP contribution in [0.15, 0.2) is 46.9 Å². The fourth-order valence-corrected chi connectivity index (χ4v) is 3.27. The van der Waals surface area contributed by atoms with Crippen LogP contribution >= 0.6 is 15.9 Å². The Morgan fingerprint density at radius 2 is 1.80 bits per heavy atom. The van der Waals surface area contributed by atoms with Gasteiger partial charge in [-0.25, -0.2) is 4.39 Å². The van der Waals surface area contributed by atoms with E-state index in [0.29, 0.717) is 6.54 Å². The van der Waals surface area contributed by atoms with Crippen molar-refractivity contribution in [2.24, 2.45) is 0 Å². The van der Waals surface area contributed by atoms with Crippen molar-refractivity contribution in [3.05, 3.63) is 58.3 Å². The Morgan fingerprint density at radius 3 is 2.44 bits per heavy atom. The molecular formula is C19H21BrFN3O. The quantitative estimate of drug-likeness (QED) is 0.842. The zero-order valence-electron chi connectivity index (χ0n) is 14.1. The number of hydrogen-bond donors (Lipinski definition) is 1. The first-order valence-electron chi connectivity index (χ1n) is 8.30. The molecule has 0 bridgehead atoms. The van der Waals surface area contributed by atoms with Crippen LogP contribution in [0.1, 0.15) is 5.56 Å². The highest BCUT2D eigenvalue weighted by molar-refractivity contribution is 9.10. The first kappa shape index (κ1) is 17.9. The Bertz CT molecular complexity index is 743. The SMILES string of the molecule is Cc1ccc(NC(=O)CN2CCN(c3ccc(F)cc3)CC2)cc1Br. The van der Waals surface area contributed by atoms with Gasteiger partial charge < -0.3 is 10.2 Å². The van der Waals surface area contributed by atoms with Crippen molar-refractivity contribution in [1.82, 2.24) is 4.90 Å². The molecule has 2 aromatic rings. The maximum atomic E-state index is 13.0. The molecule has 25 heavy (non-hydrogen) atoms. The standard InChI is InChI=1S/C19H21BrFN3O/c1-14-2-5-16(12-18(14)20)22-19(25)13-23-8-10-24(11-9-23)17-6-3-15(21)4-7-17/h2-7,12H,8-11,13H2,1H3,(H,22,25). The number of carbonyl (C=O) groups is 1. The molecule has 132 valence electrons. The van der Waals surface area contributed by atoms with E-state index < -0.39 is 0 Å². The number of nitrogens with one attached hydrogen (secondary N) is 1. The maximum Gasteiger partial charge on any atom is 0.238 e. The van der Waals surface area contributed by atoms with Crippen LogP contribution in [0.4, 0.5) is 15.8 Å². The highest BCUT2D eigenvalue weighted by Crippen LogP contribution is 2.21. The molecular weight excluding hydrogens is 385 g/mol. The number of rotatable bonds is 4. The molecule has 3 rings (SSSR count). The number of carbonyl (C=O) groups excluding carboxylic acids is 1. The Hall–Kier alpha value is -1.92. The van der Waals surface area contributed by atoms with Gasteiger partial charge in [-0.05, 0) is 48.9 Å². The van der Waals surface area contributed by atoms with Gasteiger partial charge in [-0.15, -0.1) is 0 Å². The normalized spacial score (nSPS) is 15.2. The molecule has 6 heteroatoms. The van der Waals surface area contributed by atoms with Gasteiger partial charge in [-0.2, -0.15) is 0 Å². The predicted octanol–water partition coefficient (Wildman–Crippen LogP) is 3.66. The molecule has 1 heterocycles. The summed E-state index contributed by atoms with van der Waals surface area (Å²) in [6.45, 7) is 5.66. The number of piperazine rings is 1. The Kier molecular flexibility index (Phi) is 5.71. The summed E-state index contributed by atoms with van der Waals surface area (Å²) >= 11 is 3.48. The molecule has 0 atom stereocenters. The summed E-state index contributed by atoms with van der Waals surface area (Å²) < 4.78 is 14.0. The molecule has 1 fully saturated rings. The van der Waals surface area contributed by atoms with E-state index >= 15 is 0 Å². The topological polar surface area (TPSA) is 35.6 Å². The molecule has 0 radical (unpaired) electrons. The number of hydrogen-bond acceptors (Lipinski definition) is 3. The molecule has 4 nitrogen and oxygen atoms in total. The molecule has 0 spiro atoms.